The van der Waals surface area contributed by atoms with Crippen molar-refractivity contribution in [1.29, 1.82) is 0 Å². The molecule has 1 spiro atoms. The number of ether oxygens (including phenoxy) is 2. The van der Waals surface area contributed by atoms with Crippen molar-refractivity contribution in [1.82, 2.24) is 9.80 Å². The second-order valence-electron chi connectivity index (χ2n) is 9.83. The SMILES string of the molecule is O=C1COC2(CCN(Cc3c(F)cc(-c4cccc(OC(=O)C(F)(F)F)c4)cc3F)CC2)CN1C1CC1. The molecule has 2 saturated heterocycles. The summed E-state index contributed by atoms with van der Waals surface area (Å²) in [5.74, 6) is -4.33. The number of nitrogens with zero attached hydrogens (tertiary/aromatic N) is 2. The number of likely N-dealkylation sites (tertiary alicyclic amines) is 1. The maximum Gasteiger partial charge on any atom is 0.491 e. The monoisotopic (exact) mass is 524 g/mol. The van der Waals surface area contributed by atoms with E-state index in [-0.39, 0.29) is 41.5 Å². The van der Waals surface area contributed by atoms with Gasteiger partial charge in [0.2, 0.25) is 5.91 Å². The number of carbonyl (C=O) groups is 2. The van der Waals surface area contributed by atoms with Crippen molar-refractivity contribution in [3.8, 4) is 16.9 Å². The number of piperidine rings is 1. The molecule has 1 aliphatic carbocycles. The van der Waals surface area contributed by atoms with Gasteiger partial charge in [-0.3, -0.25) is 9.69 Å². The van der Waals surface area contributed by atoms with Crippen LogP contribution >= 0.6 is 0 Å². The predicted molar refractivity (Wildman–Crippen MR) is 121 cm³/mol. The van der Waals surface area contributed by atoms with Crippen molar-refractivity contribution in [2.45, 2.75) is 50.0 Å². The molecule has 37 heavy (non-hydrogen) atoms. The van der Waals surface area contributed by atoms with Gasteiger partial charge >= 0.3 is 12.1 Å². The topological polar surface area (TPSA) is 59.1 Å². The first-order chi connectivity index (χ1) is 17.5. The highest BCUT2D eigenvalue weighted by molar-refractivity contribution is 5.79. The minimum Gasteiger partial charge on any atom is -0.420 e. The lowest BCUT2D eigenvalue weighted by Gasteiger charge is -2.47. The van der Waals surface area contributed by atoms with Gasteiger partial charge in [0.1, 0.15) is 24.0 Å². The molecule has 0 bridgehead atoms. The van der Waals surface area contributed by atoms with Crippen molar-refractivity contribution >= 4 is 11.9 Å². The van der Waals surface area contributed by atoms with E-state index >= 15 is 0 Å². The predicted octanol–water partition coefficient (Wildman–Crippen LogP) is 4.46. The summed E-state index contributed by atoms with van der Waals surface area (Å²) in [6.07, 6.45) is -1.83. The van der Waals surface area contributed by atoms with Crippen LogP contribution in [0.3, 0.4) is 0 Å². The summed E-state index contributed by atoms with van der Waals surface area (Å²) >= 11 is 0. The molecule has 2 aromatic rings. The number of amides is 1. The first-order valence-electron chi connectivity index (χ1n) is 12.1. The van der Waals surface area contributed by atoms with Crippen LogP contribution in [0.25, 0.3) is 11.1 Å². The van der Waals surface area contributed by atoms with E-state index in [1.165, 1.54) is 12.1 Å². The van der Waals surface area contributed by atoms with E-state index in [4.69, 9.17) is 4.74 Å². The number of benzene rings is 2. The van der Waals surface area contributed by atoms with Crippen molar-refractivity contribution in [2.24, 2.45) is 0 Å². The molecular formula is C26H25F5N2O4. The van der Waals surface area contributed by atoms with Crippen LogP contribution in [0, 0.1) is 11.6 Å². The Morgan fingerprint density at radius 3 is 2.35 bits per heavy atom. The Kier molecular flexibility index (Phi) is 6.70. The smallest absolute Gasteiger partial charge is 0.420 e. The van der Waals surface area contributed by atoms with Gasteiger partial charge in [0, 0.05) is 31.2 Å². The number of hydrogen-bond donors (Lipinski definition) is 0. The molecule has 198 valence electrons. The zero-order valence-electron chi connectivity index (χ0n) is 19.8. The molecule has 1 amide bonds. The Bertz CT molecular complexity index is 1180. The molecule has 6 nitrogen and oxygen atoms in total. The van der Waals surface area contributed by atoms with Gasteiger partial charge in [-0.25, -0.2) is 13.6 Å². The van der Waals surface area contributed by atoms with Gasteiger partial charge in [0.05, 0.1) is 12.1 Å². The number of esters is 1. The van der Waals surface area contributed by atoms with Crippen LogP contribution in [-0.4, -0.2) is 65.7 Å². The van der Waals surface area contributed by atoms with Crippen LogP contribution in [0.5, 0.6) is 5.75 Å². The van der Waals surface area contributed by atoms with Gasteiger partial charge in [0.15, 0.2) is 0 Å². The zero-order valence-corrected chi connectivity index (χ0v) is 19.8. The summed E-state index contributed by atoms with van der Waals surface area (Å²) in [7, 11) is 0. The summed E-state index contributed by atoms with van der Waals surface area (Å²) in [4.78, 5) is 27.1. The maximum absolute atomic E-state index is 15.0. The van der Waals surface area contributed by atoms with Gasteiger partial charge in [-0.05, 0) is 61.1 Å². The fraction of sp³-hybridized carbons (Fsp3) is 0.462. The third-order valence-corrected chi connectivity index (χ3v) is 7.17. The van der Waals surface area contributed by atoms with Crippen molar-refractivity contribution in [3.05, 3.63) is 53.6 Å². The van der Waals surface area contributed by atoms with Crippen LogP contribution in [0.15, 0.2) is 36.4 Å². The highest BCUT2D eigenvalue weighted by Gasteiger charge is 2.46. The summed E-state index contributed by atoms with van der Waals surface area (Å²) in [5.41, 5.74) is -0.240. The third kappa shape index (κ3) is 5.62. The summed E-state index contributed by atoms with van der Waals surface area (Å²) in [6, 6.07) is 7.56. The Balaban J connectivity index is 1.24. The Morgan fingerprint density at radius 2 is 1.73 bits per heavy atom. The molecule has 5 rings (SSSR count). The molecule has 2 heterocycles. The molecule has 0 N–H and O–H groups in total. The first kappa shape index (κ1) is 25.6. The highest BCUT2D eigenvalue weighted by atomic mass is 19.4. The maximum atomic E-state index is 15.0. The molecule has 0 unspecified atom stereocenters. The second kappa shape index (κ2) is 9.68. The minimum absolute atomic E-state index is 0.0174. The number of rotatable bonds is 5. The molecule has 3 aliphatic rings. The molecule has 0 atom stereocenters. The average Bonchev–Trinajstić information content (AvgIpc) is 3.69. The molecule has 0 radical (unpaired) electrons. The van der Waals surface area contributed by atoms with Crippen LogP contribution in [0.2, 0.25) is 0 Å². The molecule has 2 aromatic carbocycles. The normalized spacial score (nSPS) is 20.4. The lowest BCUT2D eigenvalue weighted by molar-refractivity contribution is -0.189. The largest absolute Gasteiger partial charge is 0.491 e. The first-order valence-corrected chi connectivity index (χ1v) is 12.1. The minimum atomic E-state index is -5.17. The van der Waals surface area contributed by atoms with Crippen LogP contribution in [0.1, 0.15) is 31.2 Å². The lowest BCUT2D eigenvalue weighted by atomic mass is 9.89. The van der Waals surface area contributed by atoms with Gasteiger partial charge < -0.3 is 14.4 Å². The fourth-order valence-corrected chi connectivity index (χ4v) is 4.93. The van der Waals surface area contributed by atoms with Gasteiger partial charge in [-0.2, -0.15) is 13.2 Å². The van der Waals surface area contributed by atoms with Crippen LogP contribution in [-0.2, 0) is 20.9 Å². The molecule has 0 aromatic heterocycles. The average molecular weight is 524 g/mol. The molecule has 2 aliphatic heterocycles. The summed E-state index contributed by atoms with van der Waals surface area (Å²) in [5, 5.41) is 0. The fourth-order valence-electron chi connectivity index (χ4n) is 4.93. The second-order valence-corrected chi connectivity index (χ2v) is 9.83. The molecule has 11 heteroatoms. The highest BCUT2D eigenvalue weighted by Crippen LogP contribution is 2.37. The Morgan fingerprint density at radius 1 is 1.05 bits per heavy atom. The number of hydrogen-bond acceptors (Lipinski definition) is 5. The van der Waals surface area contributed by atoms with Crippen LogP contribution in [0.4, 0.5) is 22.0 Å². The van der Waals surface area contributed by atoms with E-state index in [9.17, 15) is 31.5 Å². The van der Waals surface area contributed by atoms with Gasteiger partial charge in [0.25, 0.3) is 0 Å². The van der Waals surface area contributed by atoms with E-state index < -0.39 is 29.4 Å². The van der Waals surface area contributed by atoms with E-state index in [1.54, 1.807) is 0 Å². The van der Waals surface area contributed by atoms with Gasteiger partial charge in [-0.1, -0.05) is 12.1 Å². The van der Waals surface area contributed by atoms with Crippen molar-refractivity contribution in [3.63, 3.8) is 0 Å². The summed E-state index contributed by atoms with van der Waals surface area (Å²) < 4.78 is 77.6. The van der Waals surface area contributed by atoms with Crippen LogP contribution < -0.4 is 4.74 Å². The summed E-state index contributed by atoms with van der Waals surface area (Å²) in [6.45, 7) is 1.78. The third-order valence-electron chi connectivity index (χ3n) is 7.17. The van der Waals surface area contributed by atoms with Gasteiger partial charge in [-0.15, -0.1) is 0 Å². The zero-order chi connectivity index (χ0) is 26.4. The van der Waals surface area contributed by atoms with E-state index in [1.807, 2.05) is 9.80 Å². The number of halogens is 5. The number of morpholine rings is 1. The number of alkyl halides is 3. The molecule has 1 saturated carbocycles. The van der Waals surface area contributed by atoms with Crippen molar-refractivity contribution < 1.29 is 41.0 Å². The van der Waals surface area contributed by atoms with Crippen molar-refractivity contribution in [2.75, 3.05) is 26.2 Å². The number of carbonyl (C=O) groups excluding carboxylic acids is 2. The van der Waals surface area contributed by atoms with E-state index in [2.05, 4.69) is 4.74 Å². The Labute approximate surface area is 209 Å². The quantitative estimate of drug-likeness (QED) is 0.329. The molecule has 3 fully saturated rings. The standard InChI is InChI=1S/C26H25F5N2O4/c27-21-11-17(16-2-1-3-19(10-16)37-24(35)26(29,30)31)12-22(28)20(21)13-32-8-6-25(7-9-32)15-33(18-4-5-18)23(34)14-36-25/h1-3,10-12,18H,4-9,13-15H2. The van der Waals surface area contributed by atoms with E-state index in [0.29, 0.717) is 38.5 Å². The molecular weight excluding hydrogens is 499 g/mol. The van der Waals surface area contributed by atoms with E-state index in [0.717, 1.165) is 37.1 Å². The lowest BCUT2D eigenvalue weighted by Crippen LogP contribution is -2.59. The Hall–Kier alpha value is -3.05.